The summed E-state index contributed by atoms with van der Waals surface area (Å²) >= 11 is 1.51. The Morgan fingerprint density at radius 2 is 1.95 bits per heavy atom. The molecule has 0 bridgehead atoms. The van der Waals surface area contributed by atoms with Gasteiger partial charge < -0.3 is 5.32 Å². The quantitative estimate of drug-likeness (QED) is 0.813. The lowest BCUT2D eigenvalue weighted by Crippen LogP contribution is -2.23. The molecular weight excluding hydrogens is 306 g/mol. The average Bonchev–Trinajstić information content (AvgIpc) is 2.89. The van der Waals surface area contributed by atoms with Crippen LogP contribution in [-0.2, 0) is 23.0 Å². The molecule has 1 aromatic heterocycles. The molecule has 0 fully saturated rings. The molecule has 5 nitrogen and oxygen atoms in total. The molecule has 21 heavy (non-hydrogen) atoms. The summed E-state index contributed by atoms with van der Waals surface area (Å²) in [6.07, 6.45) is 0.877. The Kier molecular flexibility index (Phi) is 5.46. The Morgan fingerprint density at radius 1 is 1.24 bits per heavy atom. The van der Waals surface area contributed by atoms with E-state index in [1.807, 2.05) is 31.5 Å². The first kappa shape index (κ1) is 16.1. The second-order valence-electron chi connectivity index (χ2n) is 4.68. The third-order valence-corrected chi connectivity index (χ3v) is 5.25. The molecule has 1 heterocycles. The first-order valence-corrected chi connectivity index (χ1v) is 9.02. The maximum Gasteiger partial charge on any atom is 0.240 e. The van der Waals surface area contributed by atoms with Gasteiger partial charge in [-0.2, -0.15) is 0 Å². The number of thiazole rings is 1. The van der Waals surface area contributed by atoms with E-state index in [2.05, 4.69) is 15.0 Å². The van der Waals surface area contributed by atoms with E-state index in [4.69, 9.17) is 0 Å². The van der Waals surface area contributed by atoms with E-state index in [1.165, 1.54) is 11.3 Å². The van der Waals surface area contributed by atoms with Gasteiger partial charge in [-0.05, 0) is 44.6 Å². The summed E-state index contributed by atoms with van der Waals surface area (Å²) in [6, 6.07) is 6.97. The maximum absolute atomic E-state index is 12.2. The van der Waals surface area contributed by atoms with E-state index in [9.17, 15) is 8.42 Å². The van der Waals surface area contributed by atoms with Crippen molar-refractivity contribution in [2.75, 3.05) is 13.6 Å². The molecule has 2 N–H and O–H groups in total. The van der Waals surface area contributed by atoms with Crippen LogP contribution in [0.25, 0.3) is 0 Å². The number of sulfonamides is 1. The van der Waals surface area contributed by atoms with E-state index in [1.54, 1.807) is 12.1 Å². The molecule has 0 unspecified atom stereocenters. The molecule has 2 rings (SSSR count). The number of nitrogens with one attached hydrogen (secondary N) is 2. The molecular formula is C14H19N3O2S2. The Bertz CT molecular complexity index is 678. The Morgan fingerprint density at radius 3 is 2.52 bits per heavy atom. The second-order valence-corrected chi connectivity index (χ2v) is 7.51. The predicted molar refractivity (Wildman–Crippen MR) is 84.9 cm³/mol. The van der Waals surface area contributed by atoms with Crippen LogP contribution in [-0.4, -0.2) is 27.0 Å². The van der Waals surface area contributed by atoms with E-state index >= 15 is 0 Å². The van der Waals surface area contributed by atoms with Gasteiger partial charge in [0.2, 0.25) is 10.0 Å². The molecule has 2 aromatic rings. The lowest BCUT2D eigenvalue weighted by atomic mass is 10.1. The fourth-order valence-electron chi connectivity index (χ4n) is 1.85. The first-order valence-electron chi connectivity index (χ1n) is 6.65. The largest absolute Gasteiger partial charge is 0.319 e. The van der Waals surface area contributed by atoms with Crippen molar-refractivity contribution in [3.8, 4) is 0 Å². The van der Waals surface area contributed by atoms with Gasteiger partial charge in [0, 0.05) is 5.38 Å². The second kappa shape index (κ2) is 7.13. The molecule has 0 aliphatic rings. The molecule has 0 spiro atoms. The van der Waals surface area contributed by atoms with Crippen molar-refractivity contribution in [1.82, 2.24) is 15.0 Å². The molecule has 114 valence electrons. The van der Waals surface area contributed by atoms with Gasteiger partial charge in [-0.3, -0.25) is 0 Å². The number of aryl methyl sites for hydroxylation is 1. The van der Waals surface area contributed by atoms with E-state index < -0.39 is 10.0 Å². The summed E-state index contributed by atoms with van der Waals surface area (Å²) in [5.74, 6) is 0. The van der Waals surface area contributed by atoms with Gasteiger partial charge in [-0.25, -0.2) is 18.1 Å². The summed E-state index contributed by atoms with van der Waals surface area (Å²) in [5, 5.41) is 5.85. The van der Waals surface area contributed by atoms with Crippen molar-refractivity contribution in [2.45, 2.75) is 24.8 Å². The van der Waals surface area contributed by atoms with Crippen molar-refractivity contribution >= 4 is 21.4 Å². The molecule has 0 saturated heterocycles. The summed E-state index contributed by atoms with van der Waals surface area (Å²) in [4.78, 5) is 4.52. The highest BCUT2D eigenvalue weighted by atomic mass is 32.2. The van der Waals surface area contributed by atoms with Crippen LogP contribution in [0.4, 0.5) is 0 Å². The van der Waals surface area contributed by atoms with Crippen molar-refractivity contribution in [3.63, 3.8) is 0 Å². The van der Waals surface area contributed by atoms with E-state index in [-0.39, 0.29) is 11.4 Å². The number of hydrogen-bond donors (Lipinski definition) is 2. The maximum atomic E-state index is 12.2. The lowest BCUT2D eigenvalue weighted by Gasteiger charge is -2.07. The lowest BCUT2D eigenvalue weighted by molar-refractivity contribution is 0.580. The Balaban J connectivity index is 2.01. The minimum absolute atomic E-state index is 0.216. The fourth-order valence-corrected chi connectivity index (χ4v) is 3.46. The third-order valence-electron chi connectivity index (χ3n) is 3.01. The van der Waals surface area contributed by atoms with Crippen molar-refractivity contribution in [3.05, 3.63) is 45.9 Å². The number of benzene rings is 1. The van der Waals surface area contributed by atoms with Gasteiger partial charge in [0.05, 0.1) is 22.1 Å². The van der Waals surface area contributed by atoms with Gasteiger partial charge in [0.15, 0.2) is 0 Å². The predicted octanol–water partition coefficient (Wildman–Crippen LogP) is 1.69. The summed E-state index contributed by atoms with van der Waals surface area (Å²) in [6.45, 7) is 2.98. The van der Waals surface area contributed by atoms with Crippen molar-refractivity contribution < 1.29 is 8.42 Å². The van der Waals surface area contributed by atoms with E-state index in [0.29, 0.717) is 0 Å². The SMILES string of the molecule is CNCCc1ccc(S(=O)(=O)NCc2csc(C)n2)cc1. The monoisotopic (exact) mass is 325 g/mol. The molecule has 0 amide bonds. The minimum Gasteiger partial charge on any atom is -0.319 e. The zero-order valence-corrected chi connectivity index (χ0v) is 13.7. The smallest absolute Gasteiger partial charge is 0.240 e. The Hall–Kier alpha value is -1.28. The van der Waals surface area contributed by atoms with Crippen LogP contribution >= 0.6 is 11.3 Å². The van der Waals surface area contributed by atoms with Crippen molar-refractivity contribution in [2.24, 2.45) is 0 Å². The molecule has 1 aromatic carbocycles. The molecule has 0 aliphatic carbocycles. The molecule has 7 heteroatoms. The zero-order chi connectivity index (χ0) is 15.3. The van der Waals surface area contributed by atoms with Crippen molar-refractivity contribution in [1.29, 1.82) is 0 Å². The molecule has 0 atom stereocenters. The summed E-state index contributed by atoms with van der Waals surface area (Å²) in [5.41, 5.74) is 1.85. The number of aromatic nitrogens is 1. The molecule has 0 radical (unpaired) electrons. The number of rotatable bonds is 7. The number of hydrogen-bond acceptors (Lipinski definition) is 5. The highest BCUT2D eigenvalue weighted by molar-refractivity contribution is 7.89. The van der Waals surface area contributed by atoms with Crippen LogP contribution in [0, 0.1) is 6.92 Å². The Labute approximate surface area is 129 Å². The minimum atomic E-state index is -3.49. The highest BCUT2D eigenvalue weighted by Crippen LogP contribution is 2.13. The summed E-state index contributed by atoms with van der Waals surface area (Å²) < 4.78 is 27.0. The van der Waals surface area contributed by atoms with Crippen LogP contribution < -0.4 is 10.0 Å². The van der Waals surface area contributed by atoms with Crippen LogP contribution in [0.3, 0.4) is 0 Å². The topological polar surface area (TPSA) is 71.1 Å². The van der Waals surface area contributed by atoms with Crippen LogP contribution in [0.5, 0.6) is 0 Å². The summed E-state index contributed by atoms with van der Waals surface area (Å²) in [7, 11) is -1.60. The number of likely N-dealkylation sites (N-methyl/N-ethyl adjacent to an activating group) is 1. The molecule has 0 saturated carbocycles. The molecule has 0 aliphatic heterocycles. The van der Waals surface area contributed by atoms with Gasteiger partial charge in [0.25, 0.3) is 0 Å². The number of nitrogens with zero attached hydrogens (tertiary/aromatic N) is 1. The van der Waals surface area contributed by atoms with Crippen LogP contribution in [0.2, 0.25) is 0 Å². The van der Waals surface area contributed by atoms with Gasteiger partial charge in [0.1, 0.15) is 0 Å². The van der Waals surface area contributed by atoms with Crippen LogP contribution in [0.15, 0.2) is 34.5 Å². The van der Waals surface area contributed by atoms with E-state index in [0.717, 1.165) is 29.2 Å². The fraction of sp³-hybridized carbons (Fsp3) is 0.357. The average molecular weight is 325 g/mol. The van der Waals surface area contributed by atoms with Gasteiger partial charge in [-0.1, -0.05) is 12.1 Å². The first-order chi connectivity index (χ1) is 10.0. The highest BCUT2D eigenvalue weighted by Gasteiger charge is 2.14. The zero-order valence-electron chi connectivity index (χ0n) is 12.1. The van der Waals surface area contributed by atoms with Gasteiger partial charge >= 0.3 is 0 Å². The van der Waals surface area contributed by atoms with Gasteiger partial charge in [-0.15, -0.1) is 11.3 Å². The third kappa shape index (κ3) is 4.60. The normalized spacial score (nSPS) is 11.7. The van der Waals surface area contributed by atoms with Crippen LogP contribution in [0.1, 0.15) is 16.3 Å². The standard InChI is InChI=1S/C14H19N3O2S2/c1-11-17-13(10-20-11)9-16-21(18,19)14-5-3-12(4-6-14)7-8-15-2/h3-6,10,15-16H,7-9H2,1-2H3.